The van der Waals surface area contributed by atoms with E-state index in [0.29, 0.717) is 59.0 Å². The standard InChI is InChI=1S/C37H40N6O8S2.C6H12OS/c1-22-14-31(50-4)32(19-27(22)41-37(53(47,48)49)30-16-23-8-5-6-9-28(23)43(30)21-44)51-13-7-10-34(45)39-26-18-29(42(3)20-26)36(46)40-25-11-12-33-24(15-25)17-35(38-2)52-33;1-6(2,8)4-3-5-7/h5-6,8-9,11-12,14-15,17-21,30,37-38,41H,7,10,13,16H2,1-4H3,(H,39,45)(H,40,46)(H,47,48,49);5,8H,3-4H2,1-2H3. The van der Waals surface area contributed by atoms with Gasteiger partial charge in [-0.05, 0) is 85.2 Å². The number of anilines is 5. The van der Waals surface area contributed by atoms with Crippen molar-refractivity contribution in [3.8, 4) is 11.5 Å². The largest absolute Gasteiger partial charge is 0.493 e. The fourth-order valence-electron chi connectivity index (χ4n) is 6.79. The molecule has 0 bridgehead atoms. The topological polar surface area (TPSA) is 197 Å². The molecule has 0 fully saturated rings. The lowest BCUT2D eigenvalue weighted by atomic mass is 10.1. The molecule has 3 amide bonds. The molecule has 0 aliphatic carbocycles. The average Bonchev–Trinajstić information content (AvgIpc) is 3.91. The molecule has 2 aromatic heterocycles. The number of amides is 3. The first-order valence-corrected chi connectivity index (χ1v) is 22.2. The molecular formula is C43H52N6O9S3. The maximum atomic E-state index is 13.1. The normalized spacial score (nSPS) is 14.0. The summed E-state index contributed by atoms with van der Waals surface area (Å²) in [4.78, 5) is 49.1. The van der Waals surface area contributed by atoms with Gasteiger partial charge in [0.15, 0.2) is 16.9 Å². The zero-order valence-corrected chi connectivity index (χ0v) is 37.4. The maximum Gasteiger partial charge on any atom is 0.288 e. The van der Waals surface area contributed by atoms with Crippen molar-refractivity contribution in [2.45, 2.75) is 69.0 Å². The van der Waals surface area contributed by atoms with Gasteiger partial charge in [0.1, 0.15) is 12.0 Å². The van der Waals surface area contributed by atoms with E-state index in [1.807, 2.05) is 51.2 Å². The fourth-order valence-corrected chi connectivity index (χ4v) is 8.71. The Morgan fingerprint density at radius 2 is 1.80 bits per heavy atom. The SMILES string of the molecule is CC(C)(S)CCC=O.CNc1cc2cc(NC(=O)c3cc(NC(=O)CCCOc4cc(NC(C5Cc6ccccc6N5C=O)S(=O)(=O)O)c(C)cc4OC)cn3C)ccc2s1. The molecule has 18 heteroatoms. The Bertz CT molecular complexity index is 2480. The number of carbonyl (C=O) groups is 4. The van der Waals surface area contributed by atoms with Crippen molar-refractivity contribution < 1.29 is 41.6 Å². The molecule has 6 rings (SSSR count). The van der Waals surface area contributed by atoms with Crippen molar-refractivity contribution in [2.75, 3.05) is 46.9 Å². The van der Waals surface area contributed by atoms with Crippen LogP contribution in [-0.2, 0) is 38.0 Å². The summed E-state index contributed by atoms with van der Waals surface area (Å²) in [6, 6.07) is 18.7. The average molecular weight is 893 g/mol. The van der Waals surface area contributed by atoms with Crippen molar-refractivity contribution >= 4 is 96.4 Å². The highest BCUT2D eigenvalue weighted by molar-refractivity contribution is 7.86. The van der Waals surface area contributed by atoms with Crippen LogP contribution in [0.25, 0.3) is 10.1 Å². The lowest BCUT2D eigenvalue weighted by Gasteiger charge is -2.29. The van der Waals surface area contributed by atoms with E-state index < -0.39 is 21.5 Å². The third-order valence-electron chi connectivity index (χ3n) is 9.87. The van der Waals surface area contributed by atoms with Crippen LogP contribution in [0.3, 0.4) is 0 Å². The number of hydrogen-bond donors (Lipinski definition) is 6. The zero-order chi connectivity index (χ0) is 44.5. The van der Waals surface area contributed by atoms with Gasteiger partial charge in [-0.2, -0.15) is 21.0 Å². The van der Waals surface area contributed by atoms with E-state index in [4.69, 9.17) is 9.47 Å². The van der Waals surface area contributed by atoms with Crippen molar-refractivity contribution in [3.05, 3.63) is 89.7 Å². The molecule has 0 saturated heterocycles. The Balaban J connectivity index is 0.000000800. The molecule has 15 nitrogen and oxygen atoms in total. The fraction of sp³-hybridized carbons (Fsp3) is 0.349. The van der Waals surface area contributed by atoms with Crippen LogP contribution in [0.4, 0.5) is 27.8 Å². The van der Waals surface area contributed by atoms with Gasteiger partial charge in [-0.25, -0.2) is 0 Å². The minimum absolute atomic E-state index is 0.0148. The lowest BCUT2D eigenvalue weighted by molar-refractivity contribution is -0.116. The van der Waals surface area contributed by atoms with Gasteiger partial charge < -0.3 is 45.0 Å². The summed E-state index contributed by atoms with van der Waals surface area (Å²) in [5, 5.41) is 12.3. The molecular weight excluding hydrogens is 841 g/mol. The summed E-state index contributed by atoms with van der Waals surface area (Å²) in [5.41, 5.74) is 3.81. The number of nitrogens with zero attached hydrogens (tertiary/aromatic N) is 2. The van der Waals surface area contributed by atoms with Crippen molar-refractivity contribution in [1.29, 1.82) is 0 Å². The molecule has 5 aromatic rings. The Kier molecular flexibility index (Phi) is 15.5. The zero-order valence-electron chi connectivity index (χ0n) is 34.9. The summed E-state index contributed by atoms with van der Waals surface area (Å²) >= 11 is 5.86. The van der Waals surface area contributed by atoms with Crippen LogP contribution in [0.2, 0.25) is 0 Å². The number of thiol groups is 1. The second kappa shape index (κ2) is 20.3. The van der Waals surface area contributed by atoms with Gasteiger partial charge in [0.05, 0.1) is 30.4 Å². The highest BCUT2D eigenvalue weighted by Crippen LogP contribution is 2.38. The summed E-state index contributed by atoms with van der Waals surface area (Å²) in [6.07, 6.45) is 5.29. The molecule has 2 unspecified atom stereocenters. The number of benzene rings is 3. The highest BCUT2D eigenvalue weighted by atomic mass is 32.2. The molecule has 326 valence electrons. The number of rotatable bonds is 18. The first kappa shape index (κ1) is 46.5. The monoisotopic (exact) mass is 892 g/mol. The van der Waals surface area contributed by atoms with E-state index in [0.717, 1.165) is 33.4 Å². The number of carbonyl (C=O) groups excluding carboxylic acids is 4. The van der Waals surface area contributed by atoms with E-state index in [-0.39, 0.29) is 41.8 Å². The Labute approximate surface area is 365 Å². The molecule has 1 aliphatic rings. The Morgan fingerprint density at radius 3 is 2.46 bits per heavy atom. The number of aryl methyl sites for hydroxylation is 2. The molecule has 61 heavy (non-hydrogen) atoms. The molecule has 0 radical (unpaired) electrons. The smallest absolute Gasteiger partial charge is 0.288 e. The van der Waals surface area contributed by atoms with Gasteiger partial charge in [0, 0.05) is 65.7 Å². The summed E-state index contributed by atoms with van der Waals surface area (Å²) in [5.74, 6) is 0.0806. The number of ether oxygens (including phenoxy) is 2. The van der Waals surface area contributed by atoms with Crippen molar-refractivity contribution in [2.24, 2.45) is 7.05 Å². The second-order valence-corrected chi connectivity index (χ2v) is 19.0. The molecule has 1 aliphatic heterocycles. The van der Waals surface area contributed by atoms with Gasteiger partial charge in [-0.1, -0.05) is 32.0 Å². The van der Waals surface area contributed by atoms with E-state index in [1.54, 1.807) is 72.5 Å². The van der Waals surface area contributed by atoms with Crippen LogP contribution >= 0.6 is 24.0 Å². The molecule has 0 saturated carbocycles. The highest BCUT2D eigenvalue weighted by Gasteiger charge is 2.41. The summed E-state index contributed by atoms with van der Waals surface area (Å²) < 4.78 is 49.8. The van der Waals surface area contributed by atoms with Crippen LogP contribution < -0.4 is 35.6 Å². The minimum Gasteiger partial charge on any atom is -0.493 e. The number of aromatic nitrogens is 1. The number of para-hydroxylation sites is 1. The molecule has 2 atom stereocenters. The summed E-state index contributed by atoms with van der Waals surface area (Å²) in [6.45, 7) is 5.86. The van der Waals surface area contributed by atoms with Gasteiger partial charge >= 0.3 is 0 Å². The number of fused-ring (bicyclic) bond motifs is 2. The molecule has 3 aromatic carbocycles. The summed E-state index contributed by atoms with van der Waals surface area (Å²) in [7, 11) is 0.363. The van der Waals surface area contributed by atoms with E-state index in [1.165, 1.54) is 12.0 Å². The first-order valence-electron chi connectivity index (χ1n) is 19.4. The van der Waals surface area contributed by atoms with Crippen LogP contribution in [0.5, 0.6) is 11.5 Å². The third-order valence-corrected chi connectivity index (χ3v) is 12.3. The Hall–Kier alpha value is -5.56. The van der Waals surface area contributed by atoms with Crippen molar-refractivity contribution in [3.63, 3.8) is 0 Å². The molecule has 5 N–H and O–H groups in total. The maximum absolute atomic E-state index is 13.1. The number of aldehydes is 1. The molecule has 0 spiro atoms. The van der Waals surface area contributed by atoms with Gasteiger partial charge in [-0.3, -0.25) is 18.9 Å². The first-order chi connectivity index (χ1) is 28.9. The number of thiophene rings is 1. The van der Waals surface area contributed by atoms with Crippen LogP contribution in [-0.4, -0.2) is 79.0 Å². The van der Waals surface area contributed by atoms with E-state index >= 15 is 0 Å². The molecule has 3 heterocycles. The quantitative estimate of drug-likeness (QED) is 0.0220. The third kappa shape index (κ3) is 12.3. The van der Waals surface area contributed by atoms with Crippen LogP contribution in [0, 0.1) is 6.92 Å². The predicted octanol–water partition coefficient (Wildman–Crippen LogP) is 7.54. The number of hydrogen-bond acceptors (Lipinski definition) is 12. The van der Waals surface area contributed by atoms with Crippen LogP contribution in [0.1, 0.15) is 61.1 Å². The van der Waals surface area contributed by atoms with Gasteiger partial charge in [0.25, 0.3) is 16.0 Å². The Morgan fingerprint density at radius 1 is 1.05 bits per heavy atom. The van der Waals surface area contributed by atoms with Crippen LogP contribution in [0.15, 0.2) is 72.9 Å². The number of methoxy groups -OCH3 is 1. The van der Waals surface area contributed by atoms with Crippen molar-refractivity contribution in [1.82, 2.24) is 4.57 Å². The minimum atomic E-state index is -4.69. The van der Waals surface area contributed by atoms with Gasteiger partial charge in [0.2, 0.25) is 12.3 Å². The predicted molar refractivity (Wildman–Crippen MR) is 246 cm³/mol. The second-order valence-electron chi connectivity index (χ2n) is 15.1. The van der Waals surface area contributed by atoms with E-state index in [9.17, 15) is 32.1 Å². The van der Waals surface area contributed by atoms with E-state index in [2.05, 4.69) is 33.9 Å². The van der Waals surface area contributed by atoms with Gasteiger partial charge in [-0.15, -0.1) is 11.3 Å². The lowest BCUT2D eigenvalue weighted by Crippen LogP contribution is -2.49. The number of nitrogens with one attached hydrogen (secondary N) is 4.